The van der Waals surface area contributed by atoms with Crippen molar-refractivity contribution in [1.82, 2.24) is 5.32 Å². The summed E-state index contributed by atoms with van der Waals surface area (Å²) in [7, 11) is 0. The highest BCUT2D eigenvalue weighted by Crippen LogP contribution is 2.19. The number of nitrogens with one attached hydrogen (secondary N) is 1. The van der Waals surface area contributed by atoms with Gasteiger partial charge in [0, 0.05) is 6.92 Å². The number of rotatable bonds is 4. The van der Waals surface area contributed by atoms with E-state index in [0.29, 0.717) is 5.56 Å². The van der Waals surface area contributed by atoms with Crippen LogP contribution >= 0.6 is 0 Å². The van der Waals surface area contributed by atoms with E-state index in [9.17, 15) is 14.0 Å². The van der Waals surface area contributed by atoms with Crippen molar-refractivity contribution in [3.8, 4) is 0 Å². The summed E-state index contributed by atoms with van der Waals surface area (Å²) in [6, 6.07) is 14.9. The fourth-order valence-electron chi connectivity index (χ4n) is 2.30. The first-order valence-corrected chi connectivity index (χ1v) is 7.84. The van der Waals surface area contributed by atoms with Crippen LogP contribution in [0.25, 0.3) is 12.2 Å². The maximum absolute atomic E-state index is 13.0. The van der Waals surface area contributed by atoms with Crippen LogP contribution in [-0.2, 0) is 14.3 Å². The smallest absolute Gasteiger partial charge is 0.363 e. The molecule has 0 unspecified atom stereocenters. The highest BCUT2D eigenvalue weighted by Gasteiger charge is 2.26. The van der Waals surface area contributed by atoms with Gasteiger partial charge in [-0.05, 0) is 35.4 Å². The van der Waals surface area contributed by atoms with Crippen LogP contribution in [0.4, 0.5) is 4.39 Å². The number of halogens is 1. The summed E-state index contributed by atoms with van der Waals surface area (Å²) in [5.41, 5.74) is 1.76. The number of benzene rings is 2. The second-order valence-electron chi connectivity index (χ2n) is 5.54. The summed E-state index contributed by atoms with van der Waals surface area (Å²) in [5.74, 6) is -1.33. The van der Waals surface area contributed by atoms with Crippen LogP contribution in [0.2, 0.25) is 0 Å². The first-order chi connectivity index (χ1) is 12.5. The van der Waals surface area contributed by atoms with Gasteiger partial charge >= 0.3 is 5.97 Å². The van der Waals surface area contributed by atoms with Gasteiger partial charge in [-0.15, -0.1) is 0 Å². The lowest BCUT2D eigenvalue weighted by atomic mass is 10.2. The van der Waals surface area contributed by atoms with Gasteiger partial charge in [0.05, 0.1) is 0 Å². The van der Waals surface area contributed by atoms with Crippen LogP contribution in [0.15, 0.2) is 71.0 Å². The fraction of sp³-hybridized carbons (Fsp3) is 0.0500. The highest BCUT2D eigenvalue weighted by atomic mass is 19.1. The van der Waals surface area contributed by atoms with Crippen molar-refractivity contribution in [3.05, 3.63) is 82.9 Å². The molecular weight excluding hydrogens is 335 g/mol. The molecule has 6 heteroatoms. The molecule has 26 heavy (non-hydrogen) atoms. The second kappa shape index (κ2) is 7.57. The average molecular weight is 350 g/mol. The molecule has 130 valence electrons. The quantitative estimate of drug-likeness (QED) is 0.680. The van der Waals surface area contributed by atoms with E-state index < -0.39 is 5.97 Å². The Bertz CT molecular complexity index is 929. The van der Waals surface area contributed by atoms with Crippen molar-refractivity contribution in [2.24, 2.45) is 4.99 Å². The Morgan fingerprint density at radius 2 is 1.77 bits per heavy atom. The van der Waals surface area contributed by atoms with Crippen molar-refractivity contribution < 1.29 is 18.7 Å². The molecule has 0 bridgehead atoms. The van der Waals surface area contributed by atoms with E-state index in [1.54, 1.807) is 6.08 Å². The summed E-state index contributed by atoms with van der Waals surface area (Å²) >= 11 is 0. The number of nitrogens with zero attached hydrogens (tertiary/aromatic N) is 1. The van der Waals surface area contributed by atoms with Gasteiger partial charge in [-0.2, -0.15) is 0 Å². The van der Waals surface area contributed by atoms with Crippen molar-refractivity contribution in [3.63, 3.8) is 0 Å². The number of esters is 1. The van der Waals surface area contributed by atoms with Crippen LogP contribution in [0, 0.1) is 5.82 Å². The van der Waals surface area contributed by atoms with E-state index in [1.807, 2.05) is 30.3 Å². The molecule has 2 aromatic rings. The topological polar surface area (TPSA) is 67.8 Å². The lowest BCUT2D eigenvalue weighted by Gasteiger charge is -2.06. The Balaban J connectivity index is 1.94. The predicted octanol–water partition coefficient (Wildman–Crippen LogP) is 3.30. The van der Waals surface area contributed by atoms with Crippen LogP contribution in [0.3, 0.4) is 0 Å². The predicted molar refractivity (Wildman–Crippen MR) is 96.1 cm³/mol. The lowest BCUT2D eigenvalue weighted by molar-refractivity contribution is -0.130. The zero-order valence-electron chi connectivity index (χ0n) is 13.9. The lowest BCUT2D eigenvalue weighted by Crippen LogP contribution is -2.25. The van der Waals surface area contributed by atoms with Gasteiger partial charge in [-0.3, -0.25) is 4.79 Å². The minimum absolute atomic E-state index is 0.00224. The molecular formula is C20H15FN2O3. The number of hydrogen-bond donors (Lipinski definition) is 1. The number of aliphatic imine (C=N–C) groups is 1. The summed E-state index contributed by atoms with van der Waals surface area (Å²) in [6.45, 7) is 1.35. The van der Waals surface area contributed by atoms with E-state index in [2.05, 4.69) is 10.3 Å². The van der Waals surface area contributed by atoms with E-state index in [0.717, 1.165) is 5.56 Å². The summed E-state index contributed by atoms with van der Waals surface area (Å²) in [5, 5.41) is 2.62. The van der Waals surface area contributed by atoms with Gasteiger partial charge in [0.15, 0.2) is 5.70 Å². The first kappa shape index (κ1) is 17.3. The van der Waals surface area contributed by atoms with Gasteiger partial charge in [-0.25, -0.2) is 14.2 Å². The second-order valence-corrected chi connectivity index (χ2v) is 5.54. The SMILES string of the molecule is CC(=O)N/C(=C/c1ccccc1)C1=N/C(=C/c2ccc(F)cc2)C(=O)O1. The number of cyclic esters (lactones) is 1. The van der Waals surface area contributed by atoms with Crippen molar-refractivity contribution in [2.45, 2.75) is 6.92 Å². The van der Waals surface area contributed by atoms with E-state index in [4.69, 9.17) is 4.74 Å². The number of carbonyl (C=O) groups is 2. The van der Waals surface area contributed by atoms with Gasteiger partial charge in [0.1, 0.15) is 11.5 Å². The monoisotopic (exact) mass is 350 g/mol. The molecule has 0 saturated carbocycles. The summed E-state index contributed by atoms with van der Waals surface area (Å²) < 4.78 is 18.2. The van der Waals surface area contributed by atoms with Crippen molar-refractivity contribution in [1.29, 1.82) is 0 Å². The molecule has 0 radical (unpaired) electrons. The molecule has 0 aliphatic carbocycles. The van der Waals surface area contributed by atoms with Gasteiger partial charge in [0.2, 0.25) is 11.8 Å². The number of carbonyl (C=O) groups excluding carboxylic acids is 2. The highest BCUT2D eigenvalue weighted by molar-refractivity contribution is 6.14. The van der Waals surface area contributed by atoms with Crippen molar-refractivity contribution >= 4 is 29.9 Å². The third kappa shape index (κ3) is 4.30. The first-order valence-electron chi connectivity index (χ1n) is 7.84. The van der Waals surface area contributed by atoms with Gasteiger partial charge in [0.25, 0.3) is 0 Å². The molecule has 1 heterocycles. The third-order valence-corrected chi connectivity index (χ3v) is 3.45. The largest absolute Gasteiger partial charge is 0.400 e. The van der Waals surface area contributed by atoms with Crippen molar-refractivity contribution in [2.75, 3.05) is 0 Å². The minimum atomic E-state index is -0.645. The molecule has 5 nitrogen and oxygen atoms in total. The summed E-state index contributed by atoms with van der Waals surface area (Å²) in [4.78, 5) is 27.7. The number of ether oxygens (including phenoxy) is 1. The maximum Gasteiger partial charge on any atom is 0.363 e. The van der Waals surface area contributed by atoms with Crippen LogP contribution < -0.4 is 5.32 Å². The number of amides is 1. The molecule has 0 fully saturated rings. The zero-order chi connectivity index (χ0) is 18.5. The Labute approximate surface area is 149 Å². The third-order valence-electron chi connectivity index (χ3n) is 3.45. The fourth-order valence-corrected chi connectivity index (χ4v) is 2.30. The molecule has 1 amide bonds. The maximum atomic E-state index is 13.0. The van der Waals surface area contributed by atoms with Crippen LogP contribution in [-0.4, -0.2) is 17.8 Å². The normalized spacial score (nSPS) is 15.6. The molecule has 1 aliphatic rings. The van der Waals surface area contributed by atoms with Gasteiger partial charge in [-0.1, -0.05) is 42.5 Å². The van der Waals surface area contributed by atoms with Gasteiger partial charge < -0.3 is 10.1 Å². The molecule has 0 spiro atoms. The Kier molecular flexibility index (Phi) is 5.03. The van der Waals surface area contributed by atoms with E-state index >= 15 is 0 Å². The standard InChI is InChI=1S/C20H15FN2O3/c1-13(24)22-17(11-14-5-3-2-4-6-14)19-23-18(20(25)26-19)12-15-7-9-16(21)10-8-15/h2-12H,1H3,(H,22,24)/b17-11+,18-12+. The molecule has 2 aromatic carbocycles. The molecule has 0 saturated heterocycles. The van der Waals surface area contributed by atoms with Crippen LogP contribution in [0.5, 0.6) is 0 Å². The molecule has 1 aliphatic heterocycles. The molecule has 0 aromatic heterocycles. The Hall–Kier alpha value is -3.54. The summed E-state index contributed by atoms with van der Waals surface area (Å²) in [6.07, 6.45) is 3.15. The Morgan fingerprint density at radius 1 is 1.08 bits per heavy atom. The number of hydrogen-bond acceptors (Lipinski definition) is 4. The minimum Gasteiger partial charge on any atom is -0.400 e. The van der Waals surface area contributed by atoms with Crippen LogP contribution in [0.1, 0.15) is 18.1 Å². The zero-order valence-corrected chi connectivity index (χ0v) is 13.9. The molecule has 1 N–H and O–H groups in total. The van der Waals surface area contributed by atoms with E-state index in [1.165, 1.54) is 37.3 Å². The molecule has 0 atom stereocenters. The average Bonchev–Trinajstić information content (AvgIpc) is 2.98. The molecule has 3 rings (SSSR count). The van der Waals surface area contributed by atoms with E-state index in [-0.39, 0.29) is 29.0 Å². The Morgan fingerprint density at radius 3 is 2.42 bits per heavy atom.